The molecule has 1 aromatic heterocycles. The molecule has 142 valence electrons. The highest BCUT2D eigenvalue weighted by Crippen LogP contribution is 2.25. The predicted molar refractivity (Wildman–Crippen MR) is 107 cm³/mol. The second kappa shape index (κ2) is 8.30. The minimum atomic E-state index is -0.381. The van der Waals surface area contributed by atoms with Gasteiger partial charge in [0.05, 0.1) is 25.2 Å². The van der Waals surface area contributed by atoms with Gasteiger partial charge >= 0.3 is 0 Å². The van der Waals surface area contributed by atoms with Crippen LogP contribution in [0.3, 0.4) is 0 Å². The van der Waals surface area contributed by atoms with Crippen molar-refractivity contribution in [2.75, 3.05) is 17.7 Å². The van der Waals surface area contributed by atoms with E-state index < -0.39 is 0 Å². The number of carbonyl (C=O) groups excluding carboxylic acids is 2. The first-order chi connectivity index (χ1) is 13.5. The number of ether oxygens (including phenoxy) is 1. The van der Waals surface area contributed by atoms with Crippen LogP contribution in [0.25, 0.3) is 0 Å². The van der Waals surface area contributed by atoms with Crippen LogP contribution in [-0.2, 0) is 0 Å². The van der Waals surface area contributed by atoms with Crippen LogP contribution in [0.2, 0.25) is 0 Å². The van der Waals surface area contributed by atoms with Crippen LogP contribution >= 0.6 is 0 Å². The molecule has 0 radical (unpaired) electrons. The summed E-state index contributed by atoms with van der Waals surface area (Å²) in [6, 6.07) is 12.5. The normalized spacial score (nSPS) is 10.2. The molecule has 3 aromatic rings. The molecule has 2 N–H and O–H groups in total. The zero-order valence-electron chi connectivity index (χ0n) is 15.8. The highest BCUT2D eigenvalue weighted by molar-refractivity contribution is 6.03. The van der Waals surface area contributed by atoms with Gasteiger partial charge in [0, 0.05) is 11.3 Å². The highest BCUT2D eigenvalue weighted by Gasteiger charge is 2.12. The molecule has 7 nitrogen and oxygen atoms in total. The van der Waals surface area contributed by atoms with E-state index in [-0.39, 0.29) is 17.4 Å². The molecular weight excluding hydrogens is 356 g/mol. The zero-order chi connectivity index (χ0) is 20.1. The van der Waals surface area contributed by atoms with E-state index in [2.05, 4.69) is 20.6 Å². The number of benzene rings is 2. The van der Waals surface area contributed by atoms with Crippen molar-refractivity contribution in [1.29, 1.82) is 0 Å². The van der Waals surface area contributed by atoms with Crippen molar-refractivity contribution in [3.05, 3.63) is 71.7 Å². The van der Waals surface area contributed by atoms with Gasteiger partial charge in [-0.05, 0) is 55.8 Å². The molecule has 0 saturated heterocycles. The number of aromatic nitrogens is 2. The Labute approximate surface area is 162 Å². The van der Waals surface area contributed by atoms with Gasteiger partial charge in [-0.25, -0.2) is 9.97 Å². The fraction of sp³-hybridized carbons (Fsp3) is 0.143. The Bertz CT molecular complexity index is 999. The summed E-state index contributed by atoms with van der Waals surface area (Å²) in [5.74, 6) is 0.681. The van der Waals surface area contributed by atoms with Crippen molar-refractivity contribution in [2.45, 2.75) is 13.8 Å². The number of hydrogen-bond acceptors (Lipinski definition) is 6. The lowest BCUT2D eigenvalue weighted by Crippen LogP contribution is -2.15. The van der Waals surface area contributed by atoms with Gasteiger partial charge in [-0.2, -0.15) is 0 Å². The van der Waals surface area contributed by atoms with Gasteiger partial charge in [0.25, 0.3) is 5.91 Å². The molecule has 28 heavy (non-hydrogen) atoms. The third-order valence-electron chi connectivity index (χ3n) is 4.05. The molecule has 7 heteroatoms. The van der Waals surface area contributed by atoms with Gasteiger partial charge in [-0.15, -0.1) is 0 Å². The summed E-state index contributed by atoms with van der Waals surface area (Å²) in [5.41, 5.74) is 3.15. The number of amides is 1. The Morgan fingerprint density at radius 1 is 1.00 bits per heavy atom. The lowest BCUT2D eigenvalue weighted by atomic mass is 10.1. The first-order valence-electron chi connectivity index (χ1n) is 8.62. The number of methoxy groups -OCH3 is 1. The van der Waals surface area contributed by atoms with Crippen LogP contribution in [0, 0.1) is 6.92 Å². The SMILES string of the molecule is COc1ccc(C)cc1NC(=O)c1cnc(Nc2ccc(C(C)=O)cc2)cn1. The smallest absolute Gasteiger partial charge is 0.275 e. The third-order valence-corrected chi connectivity index (χ3v) is 4.05. The number of aryl methyl sites for hydroxylation is 1. The quantitative estimate of drug-likeness (QED) is 0.632. The van der Waals surface area contributed by atoms with Gasteiger partial charge in [0.15, 0.2) is 5.78 Å². The van der Waals surface area contributed by atoms with E-state index in [4.69, 9.17) is 4.74 Å². The lowest BCUT2D eigenvalue weighted by molar-refractivity contribution is 0.101. The van der Waals surface area contributed by atoms with Crippen LogP contribution in [0.5, 0.6) is 5.75 Å². The molecular formula is C21H20N4O3. The average Bonchev–Trinajstić information content (AvgIpc) is 2.69. The summed E-state index contributed by atoms with van der Waals surface area (Å²) in [7, 11) is 1.55. The largest absolute Gasteiger partial charge is 0.495 e. The Balaban J connectivity index is 1.69. The van der Waals surface area contributed by atoms with Crippen LogP contribution in [0.4, 0.5) is 17.2 Å². The van der Waals surface area contributed by atoms with E-state index in [0.717, 1.165) is 11.3 Å². The van der Waals surface area contributed by atoms with E-state index in [1.165, 1.54) is 19.3 Å². The number of rotatable bonds is 6. The van der Waals surface area contributed by atoms with Crippen LogP contribution in [-0.4, -0.2) is 28.8 Å². The van der Waals surface area contributed by atoms with E-state index in [9.17, 15) is 9.59 Å². The minimum Gasteiger partial charge on any atom is -0.495 e. The zero-order valence-corrected chi connectivity index (χ0v) is 15.8. The van der Waals surface area contributed by atoms with Gasteiger partial charge in [-0.3, -0.25) is 9.59 Å². The molecule has 0 fully saturated rings. The monoisotopic (exact) mass is 376 g/mol. The number of carbonyl (C=O) groups is 2. The minimum absolute atomic E-state index is 0.00643. The Morgan fingerprint density at radius 2 is 1.75 bits per heavy atom. The molecule has 0 atom stereocenters. The molecule has 2 aromatic carbocycles. The number of nitrogens with one attached hydrogen (secondary N) is 2. The second-order valence-corrected chi connectivity index (χ2v) is 6.20. The number of ketones is 1. The summed E-state index contributed by atoms with van der Waals surface area (Å²) in [6.07, 6.45) is 2.87. The Morgan fingerprint density at radius 3 is 2.36 bits per heavy atom. The molecule has 0 unspecified atom stereocenters. The first-order valence-corrected chi connectivity index (χ1v) is 8.62. The molecule has 1 heterocycles. The van der Waals surface area contributed by atoms with E-state index in [1.807, 2.05) is 19.1 Å². The Hall–Kier alpha value is -3.74. The summed E-state index contributed by atoms with van der Waals surface area (Å²) in [6.45, 7) is 3.45. The molecule has 0 bridgehead atoms. The number of hydrogen-bond donors (Lipinski definition) is 2. The predicted octanol–water partition coefficient (Wildman–Crippen LogP) is 3.99. The van der Waals surface area contributed by atoms with Crippen molar-refractivity contribution < 1.29 is 14.3 Å². The lowest BCUT2D eigenvalue weighted by Gasteiger charge is -2.11. The van der Waals surface area contributed by atoms with Gasteiger partial charge in [0.1, 0.15) is 17.3 Å². The number of nitrogens with zero attached hydrogens (tertiary/aromatic N) is 2. The van der Waals surface area contributed by atoms with E-state index in [0.29, 0.717) is 22.8 Å². The van der Waals surface area contributed by atoms with E-state index in [1.54, 1.807) is 37.4 Å². The van der Waals surface area contributed by atoms with Gasteiger partial charge < -0.3 is 15.4 Å². The fourth-order valence-electron chi connectivity index (χ4n) is 2.55. The van der Waals surface area contributed by atoms with Crippen LogP contribution in [0.1, 0.15) is 33.3 Å². The summed E-state index contributed by atoms with van der Waals surface area (Å²) < 4.78 is 5.26. The van der Waals surface area contributed by atoms with Crippen molar-refractivity contribution in [1.82, 2.24) is 9.97 Å². The molecule has 0 spiro atoms. The summed E-state index contributed by atoms with van der Waals surface area (Å²) in [4.78, 5) is 32.1. The molecule has 3 rings (SSSR count). The number of anilines is 3. The van der Waals surface area contributed by atoms with Crippen LogP contribution in [0.15, 0.2) is 54.9 Å². The van der Waals surface area contributed by atoms with Crippen molar-refractivity contribution >= 4 is 28.9 Å². The van der Waals surface area contributed by atoms with Crippen molar-refractivity contribution in [3.8, 4) is 5.75 Å². The second-order valence-electron chi connectivity index (χ2n) is 6.20. The van der Waals surface area contributed by atoms with Crippen molar-refractivity contribution in [2.24, 2.45) is 0 Å². The maximum Gasteiger partial charge on any atom is 0.275 e. The molecule has 0 aliphatic heterocycles. The molecule has 1 amide bonds. The first kappa shape index (κ1) is 19.0. The Kier molecular flexibility index (Phi) is 5.64. The van der Waals surface area contributed by atoms with E-state index >= 15 is 0 Å². The maximum absolute atomic E-state index is 12.4. The van der Waals surface area contributed by atoms with Crippen LogP contribution < -0.4 is 15.4 Å². The fourth-order valence-corrected chi connectivity index (χ4v) is 2.55. The van der Waals surface area contributed by atoms with Gasteiger partial charge in [-0.1, -0.05) is 6.07 Å². The summed E-state index contributed by atoms with van der Waals surface area (Å²) >= 11 is 0. The average molecular weight is 376 g/mol. The molecule has 0 saturated carbocycles. The highest BCUT2D eigenvalue weighted by atomic mass is 16.5. The molecule has 0 aliphatic rings. The van der Waals surface area contributed by atoms with Crippen molar-refractivity contribution in [3.63, 3.8) is 0 Å². The topological polar surface area (TPSA) is 93.2 Å². The maximum atomic E-state index is 12.4. The molecule has 0 aliphatic carbocycles. The standard InChI is InChI=1S/C21H20N4O3/c1-13-4-9-19(28-3)17(10-13)25-21(27)18-11-23-20(12-22-18)24-16-7-5-15(6-8-16)14(2)26/h4-12H,1-3H3,(H,23,24)(H,25,27). The van der Waals surface area contributed by atoms with Gasteiger partial charge in [0.2, 0.25) is 0 Å². The summed E-state index contributed by atoms with van der Waals surface area (Å²) in [5, 5.41) is 5.86. The number of Topliss-reactive ketones (excluding diaryl/α,β-unsaturated/α-hetero) is 1. The third kappa shape index (κ3) is 4.50.